The molecule has 1 aliphatic heterocycles. The highest BCUT2D eigenvalue weighted by Crippen LogP contribution is 2.15. The maximum Gasteiger partial charge on any atom is 0.202 e. The Hall–Kier alpha value is -1.54. The Morgan fingerprint density at radius 1 is 1.53 bits per heavy atom. The second-order valence-electron chi connectivity index (χ2n) is 4.39. The van der Waals surface area contributed by atoms with Crippen molar-refractivity contribution in [3.05, 3.63) is 12.4 Å². The lowest BCUT2D eigenvalue weighted by molar-refractivity contribution is 0.242. The zero-order valence-corrected chi connectivity index (χ0v) is 10.3. The largest absolute Gasteiger partial charge is 0.353 e. The van der Waals surface area contributed by atoms with Crippen LogP contribution < -0.4 is 5.32 Å². The molecule has 17 heavy (non-hydrogen) atoms. The van der Waals surface area contributed by atoms with Crippen LogP contribution in [0.2, 0.25) is 0 Å². The van der Waals surface area contributed by atoms with E-state index >= 15 is 0 Å². The molecule has 1 fully saturated rings. The van der Waals surface area contributed by atoms with Crippen LogP contribution in [-0.2, 0) is 6.54 Å². The number of aromatic nitrogens is 2. The number of piperidine rings is 1. The van der Waals surface area contributed by atoms with Gasteiger partial charge in [0.25, 0.3) is 0 Å². The first-order valence-electron chi connectivity index (χ1n) is 6.20. The molecule has 5 nitrogen and oxygen atoms in total. The third kappa shape index (κ3) is 2.98. The lowest BCUT2D eigenvalue weighted by atomic mass is 10.1. The summed E-state index contributed by atoms with van der Waals surface area (Å²) in [6.07, 6.45) is 5.99. The van der Waals surface area contributed by atoms with E-state index in [-0.39, 0.29) is 0 Å². The second-order valence-corrected chi connectivity index (χ2v) is 4.39. The summed E-state index contributed by atoms with van der Waals surface area (Å²) in [6, 6.07) is 2.69. The first-order chi connectivity index (χ1) is 8.33. The number of likely N-dealkylation sites (tertiary alicyclic amines) is 1. The van der Waals surface area contributed by atoms with Gasteiger partial charge in [0.1, 0.15) is 0 Å². The number of aryl methyl sites for hydroxylation is 1. The van der Waals surface area contributed by atoms with Gasteiger partial charge in [0.15, 0.2) is 0 Å². The predicted octanol–water partition coefficient (Wildman–Crippen LogP) is 1.30. The van der Waals surface area contributed by atoms with E-state index in [0.717, 1.165) is 38.4 Å². The lowest BCUT2D eigenvalue weighted by Crippen LogP contribution is -2.39. The molecule has 92 valence electrons. The van der Waals surface area contributed by atoms with E-state index in [0.29, 0.717) is 12.6 Å². The Labute approximate surface area is 102 Å². The molecular weight excluding hydrogens is 214 g/mol. The summed E-state index contributed by atoms with van der Waals surface area (Å²) >= 11 is 0. The van der Waals surface area contributed by atoms with E-state index in [9.17, 15) is 0 Å². The molecule has 0 amide bonds. The average molecular weight is 233 g/mol. The molecule has 1 aromatic heterocycles. The molecule has 1 aliphatic rings. The van der Waals surface area contributed by atoms with Crippen molar-refractivity contribution in [3.8, 4) is 6.07 Å². The van der Waals surface area contributed by atoms with Gasteiger partial charge in [0.2, 0.25) is 5.95 Å². The Morgan fingerprint density at radius 2 is 2.29 bits per heavy atom. The van der Waals surface area contributed by atoms with Gasteiger partial charge in [-0.3, -0.25) is 4.90 Å². The van der Waals surface area contributed by atoms with E-state index in [2.05, 4.69) is 32.8 Å². The lowest BCUT2D eigenvalue weighted by Gasteiger charge is -2.30. The van der Waals surface area contributed by atoms with Crippen LogP contribution in [0.4, 0.5) is 5.95 Å². The molecule has 1 saturated heterocycles. The molecule has 0 saturated carbocycles. The molecule has 2 rings (SSSR count). The Balaban J connectivity index is 1.84. The summed E-state index contributed by atoms with van der Waals surface area (Å²) in [5.74, 6) is 0.964. The highest BCUT2D eigenvalue weighted by molar-refractivity contribution is 5.27. The molecule has 5 heteroatoms. The van der Waals surface area contributed by atoms with Crippen molar-refractivity contribution in [3.63, 3.8) is 0 Å². The minimum atomic E-state index is 0.484. The molecule has 0 aliphatic carbocycles. The number of nitrogens with zero attached hydrogens (tertiary/aromatic N) is 4. The molecule has 0 radical (unpaired) electrons. The Morgan fingerprint density at radius 3 is 2.94 bits per heavy atom. The third-order valence-electron chi connectivity index (χ3n) is 3.27. The fourth-order valence-corrected chi connectivity index (χ4v) is 2.22. The third-order valence-corrected chi connectivity index (χ3v) is 3.27. The topological polar surface area (TPSA) is 56.9 Å². The normalized spacial score (nSPS) is 17.9. The summed E-state index contributed by atoms with van der Waals surface area (Å²) < 4.78 is 2.11. The van der Waals surface area contributed by atoms with Crippen LogP contribution in [0.5, 0.6) is 0 Å². The van der Waals surface area contributed by atoms with E-state index < -0.39 is 0 Å². The van der Waals surface area contributed by atoms with Gasteiger partial charge in [0.05, 0.1) is 12.6 Å². The van der Waals surface area contributed by atoms with Gasteiger partial charge in [-0.05, 0) is 19.8 Å². The van der Waals surface area contributed by atoms with Crippen molar-refractivity contribution in [2.24, 2.45) is 0 Å². The van der Waals surface area contributed by atoms with Gasteiger partial charge >= 0.3 is 0 Å². The van der Waals surface area contributed by atoms with Crippen molar-refractivity contribution in [2.45, 2.75) is 32.4 Å². The van der Waals surface area contributed by atoms with Crippen molar-refractivity contribution in [1.82, 2.24) is 14.5 Å². The molecule has 0 spiro atoms. The van der Waals surface area contributed by atoms with Gasteiger partial charge < -0.3 is 9.88 Å². The van der Waals surface area contributed by atoms with E-state index in [1.165, 1.54) is 0 Å². The van der Waals surface area contributed by atoms with Gasteiger partial charge in [-0.25, -0.2) is 4.98 Å². The standard InChI is InChI=1S/C12H19N5/c1-2-17-10-6-14-12(17)15-11-3-7-16(8-4-11)9-5-13/h6,10-11H,2-4,7-9H2,1H3,(H,14,15). The predicted molar refractivity (Wildman–Crippen MR) is 66.6 cm³/mol. The number of nitriles is 1. The van der Waals surface area contributed by atoms with Crippen LogP contribution >= 0.6 is 0 Å². The highest BCUT2D eigenvalue weighted by atomic mass is 15.2. The van der Waals surface area contributed by atoms with E-state index in [1.807, 2.05) is 12.4 Å². The van der Waals surface area contributed by atoms with Crippen molar-refractivity contribution in [2.75, 3.05) is 25.0 Å². The van der Waals surface area contributed by atoms with Crippen LogP contribution in [0, 0.1) is 11.3 Å². The zero-order chi connectivity index (χ0) is 12.1. The molecule has 0 bridgehead atoms. The Kier molecular flexibility index (Phi) is 3.99. The molecule has 0 atom stereocenters. The van der Waals surface area contributed by atoms with Gasteiger partial charge in [0, 0.05) is 38.1 Å². The number of imidazole rings is 1. The van der Waals surface area contributed by atoms with Crippen LogP contribution in [0.25, 0.3) is 0 Å². The SMILES string of the molecule is CCn1ccnc1NC1CCN(CC#N)CC1. The minimum Gasteiger partial charge on any atom is -0.353 e. The Bertz CT molecular complexity index is 384. The number of anilines is 1. The summed E-state index contributed by atoms with van der Waals surface area (Å²) in [6.45, 7) is 5.60. The summed E-state index contributed by atoms with van der Waals surface area (Å²) in [4.78, 5) is 6.52. The van der Waals surface area contributed by atoms with Crippen molar-refractivity contribution < 1.29 is 0 Å². The number of hydrogen-bond donors (Lipinski definition) is 1. The molecule has 1 aromatic rings. The zero-order valence-electron chi connectivity index (χ0n) is 10.3. The maximum atomic E-state index is 8.64. The van der Waals surface area contributed by atoms with E-state index in [1.54, 1.807) is 0 Å². The summed E-state index contributed by atoms with van der Waals surface area (Å²) in [5, 5.41) is 12.1. The van der Waals surface area contributed by atoms with Crippen LogP contribution in [-0.4, -0.2) is 40.1 Å². The molecule has 0 unspecified atom stereocenters. The number of nitrogens with one attached hydrogen (secondary N) is 1. The fourth-order valence-electron chi connectivity index (χ4n) is 2.22. The first-order valence-corrected chi connectivity index (χ1v) is 6.20. The first kappa shape index (κ1) is 11.9. The summed E-state index contributed by atoms with van der Waals surface area (Å²) in [5.41, 5.74) is 0. The minimum absolute atomic E-state index is 0.484. The quantitative estimate of drug-likeness (QED) is 0.796. The van der Waals surface area contributed by atoms with Crippen LogP contribution in [0.1, 0.15) is 19.8 Å². The molecule has 1 N–H and O–H groups in total. The summed E-state index contributed by atoms with van der Waals surface area (Å²) in [7, 11) is 0. The monoisotopic (exact) mass is 233 g/mol. The van der Waals surface area contributed by atoms with Gasteiger partial charge in [-0.1, -0.05) is 0 Å². The van der Waals surface area contributed by atoms with Gasteiger partial charge in [-0.15, -0.1) is 0 Å². The van der Waals surface area contributed by atoms with Crippen LogP contribution in [0.15, 0.2) is 12.4 Å². The fraction of sp³-hybridized carbons (Fsp3) is 0.667. The van der Waals surface area contributed by atoms with Crippen molar-refractivity contribution >= 4 is 5.95 Å². The van der Waals surface area contributed by atoms with Crippen LogP contribution in [0.3, 0.4) is 0 Å². The second kappa shape index (κ2) is 5.69. The van der Waals surface area contributed by atoms with Gasteiger partial charge in [-0.2, -0.15) is 5.26 Å². The van der Waals surface area contributed by atoms with E-state index in [4.69, 9.17) is 5.26 Å². The molecule has 0 aromatic carbocycles. The molecular formula is C12H19N5. The molecule has 2 heterocycles. The maximum absolute atomic E-state index is 8.64. The smallest absolute Gasteiger partial charge is 0.202 e. The number of hydrogen-bond acceptors (Lipinski definition) is 4. The number of rotatable bonds is 4. The van der Waals surface area contributed by atoms with Crippen molar-refractivity contribution in [1.29, 1.82) is 5.26 Å². The highest BCUT2D eigenvalue weighted by Gasteiger charge is 2.19. The average Bonchev–Trinajstić information content (AvgIpc) is 2.79.